The molecule has 0 unspecified atom stereocenters. The first-order chi connectivity index (χ1) is 13.3. The molecule has 0 fully saturated rings. The van der Waals surface area contributed by atoms with Gasteiger partial charge in [0.05, 0.1) is 12.5 Å². The quantitative estimate of drug-likeness (QED) is 0.650. The average molecular weight is 382 g/mol. The lowest BCUT2D eigenvalue weighted by atomic mass is 10.0. The van der Waals surface area contributed by atoms with Crippen molar-refractivity contribution in [2.24, 2.45) is 5.92 Å². The molecule has 0 bridgehead atoms. The zero-order valence-electron chi connectivity index (χ0n) is 16.8. The number of benzene rings is 1. The normalized spacial score (nSPS) is 12.7. The van der Waals surface area contributed by atoms with E-state index in [2.05, 4.69) is 42.6 Å². The van der Waals surface area contributed by atoms with Crippen LogP contribution in [0.2, 0.25) is 0 Å². The van der Waals surface area contributed by atoms with Gasteiger partial charge in [0, 0.05) is 12.2 Å². The summed E-state index contributed by atoms with van der Waals surface area (Å²) in [6.45, 7) is 8.43. The minimum Gasteiger partial charge on any atom is -0.346 e. The van der Waals surface area contributed by atoms with Crippen LogP contribution < -0.4 is 5.32 Å². The number of rotatable bonds is 7. The fraction of sp³-hybridized carbons (Fsp3) is 0.409. The Labute approximate surface area is 165 Å². The second kappa shape index (κ2) is 8.50. The Bertz CT molecular complexity index is 947. The van der Waals surface area contributed by atoms with Crippen molar-refractivity contribution in [3.8, 4) is 0 Å². The third-order valence-corrected chi connectivity index (χ3v) is 4.62. The summed E-state index contributed by atoms with van der Waals surface area (Å²) >= 11 is 0. The monoisotopic (exact) mass is 382 g/mol. The van der Waals surface area contributed by atoms with Crippen LogP contribution in [0.4, 0.5) is 4.39 Å². The molecule has 0 spiro atoms. The van der Waals surface area contributed by atoms with E-state index in [1.54, 1.807) is 18.3 Å². The fourth-order valence-corrected chi connectivity index (χ4v) is 3.44. The van der Waals surface area contributed by atoms with Crippen molar-refractivity contribution in [3.63, 3.8) is 0 Å². The summed E-state index contributed by atoms with van der Waals surface area (Å²) in [7, 11) is 0. The van der Waals surface area contributed by atoms with Crippen LogP contribution in [0.3, 0.4) is 0 Å². The number of carbonyl (C=O) groups excluding carboxylic acids is 1. The summed E-state index contributed by atoms with van der Waals surface area (Å²) in [6.07, 6.45) is 2.73. The van der Waals surface area contributed by atoms with Gasteiger partial charge in [-0.2, -0.15) is 0 Å². The van der Waals surface area contributed by atoms with Crippen LogP contribution >= 0.6 is 0 Å². The third-order valence-electron chi connectivity index (χ3n) is 4.62. The first-order valence-electron chi connectivity index (χ1n) is 9.71. The second-order valence-corrected chi connectivity index (χ2v) is 7.83. The van der Waals surface area contributed by atoms with E-state index in [1.807, 2.05) is 12.1 Å². The predicted octanol–water partition coefficient (Wildman–Crippen LogP) is 4.60. The van der Waals surface area contributed by atoms with Gasteiger partial charge < -0.3 is 9.88 Å². The summed E-state index contributed by atoms with van der Waals surface area (Å²) in [4.78, 5) is 22.0. The van der Waals surface area contributed by atoms with E-state index >= 15 is 0 Å². The topological polar surface area (TPSA) is 59.8 Å². The Morgan fingerprint density at radius 1 is 1.14 bits per heavy atom. The second-order valence-electron chi connectivity index (χ2n) is 7.83. The Hall–Kier alpha value is -2.76. The van der Waals surface area contributed by atoms with E-state index in [4.69, 9.17) is 4.98 Å². The molecule has 3 rings (SSSR count). The summed E-state index contributed by atoms with van der Waals surface area (Å²) in [6, 6.07) is 9.78. The number of fused-ring (bicyclic) bond motifs is 1. The van der Waals surface area contributed by atoms with Crippen molar-refractivity contribution < 1.29 is 9.18 Å². The number of halogens is 1. The minimum atomic E-state index is -0.306. The Kier molecular flexibility index (Phi) is 6.07. The molecule has 0 saturated heterocycles. The van der Waals surface area contributed by atoms with Crippen molar-refractivity contribution in [1.82, 2.24) is 19.9 Å². The molecule has 5 nitrogen and oxygen atoms in total. The zero-order chi connectivity index (χ0) is 20.3. The molecule has 1 amide bonds. The summed E-state index contributed by atoms with van der Waals surface area (Å²) in [5.41, 5.74) is 2.43. The molecule has 0 aliphatic heterocycles. The van der Waals surface area contributed by atoms with Crippen LogP contribution in [0.25, 0.3) is 11.2 Å². The van der Waals surface area contributed by atoms with Gasteiger partial charge in [-0.05, 0) is 56.0 Å². The van der Waals surface area contributed by atoms with E-state index in [0.717, 1.165) is 29.0 Å². The number of nitrogens with zero attached hydrogens (tertiary/aromatic N) is 3. The van der Waals surface area contributed by atoms with E-state index < -0.39 is 0 Å². The molecule has 1 aromatic carbocycles. The molecule has 1 N–H and O–H groups in total. The Morgan fingerprint density at radius 2 is 1.86 bits per heavy atom. The number of aromatic nitrogens is 3. The van der Waals surface area contributed by atoms with Gasteiger partial charge in [-0.25, -0.2) is 14.4 Å². The van der Waals surface area contributed by atoms with Gasteiger partial charge in [0.2, 0.25) is 5.91 Å². The highest BCUT2D eigenvalue weighted by Gasteiger charge is 2.24. The summed E-state index contributed by atoms with van der Waals surface area (Å²) < 4.78 is 15.2. The van der Waals surface area contributed by atoms with Crippen LogP contribution in [0.15, 0.2) is 42.6 Å². The maximum Gasteiger partial charge on any atom is 0.225 e. The van der Waals surface area contributed by atoms with Crippen molar-refractivity contribution >= 4 is 17.1 Å². The maximum absolute atomic E-state index is 13.1. The highest BCUT2D eigenvalue weighted by molar-refractivity contribution is 5.79. The van der Waals surface area contributed by atoms with Gasteiger partial charge in [-0.15, -0.1) is 0 Å². The lowest BCUT2D eigenvalue weighted by Gasteiger charge is -2.23. The molecule has 2 aromatic heterocycles. The molecular weight excluding hydrogens is 355 g/mol. The zero-order valence-corrected chi connectivity index (χ0v) is 16.8. The Morgan fingerprint density at radius 3 is 2.50 bits per heavy atom. The van der Waals surface area contributed by atoms with Crippen molar-refractivity contribution in [3.05, 3.63) is 59.8 Å². The van der Waals surface area contributed by atoms with Crippen LogP contribution in [0.5, 0.6) is 0 Å². The fourth-order valence-electron chi connectivity index (χ4n) is 3.44. The number of nitrogens with one attached hydrogen (secondary N) is 1. The highest BCUT2D eigenvalue weighted by Crippen LogP contribution is 2.27. The SMILES string of the molecule is CC(C)C[C@H](NC(=O)Cc1ccc(F)cc1)c1nc2cccnc2n1C(C)C. The number of imidazole rings is 1. The van der Waals surface area contributed by atoms with Crippen molar-refractivity contribution in [1.29, 1.82) is 0 Å². The number of amides is 1. The minimum absolute atomic E-state index is 0.104. The maximum atomic E-state index is 13.1. The largest absolute Gasteiger partial charge is 0.346 e. The number of hydrogen-bond acceptors (Lipinski definition) is 3. The lowest BCUT2D eigenvalue weighted by molar-refractivity contribution is -0.121. The van der Waals surface area contributed by atoms with Gasteiger partial charge in [0.15, 0.2) is 5.65 Å². The standard InChI is InChI=1S/C22H27FN4O/c1-14(2)12-19(25-20(28)13-16-7-9-17(23)10-8-16)22-26-18-6-5-11-24-21(18)27(22)15(3)4/h5-11,14-15,19H,12-13H2,1-4H3,(H,25,28)/t19-/m0/s1. The molecular formula is C22H27FN4O. The van der Waals surface area contributed by atoms with Crippen LogP contribution in [-0.4, -0.2) is 20.4 Å². The number of pyridine rings is 1. The molecule has 1 atom stereocenters. The van der Waals surface area contributed by atoms with E-state index in [0.29, 0.717) is 5.92 Å². The van der Waals surface area contributed by atoms with Crippen molar-refractivity contribution in [2.45, 2.75) is 52.6 Å². The van der Waals surface area contributed by atoms with Crippen molar-refractivity contribution in [2.75, 3.05) is 0 Å². The molecule has 28 heavy (non-hydrogen) atoms. The van der Waals surface area contributed by atoms with Crippen LogP contribution in [0.1, 0.15) is 57.6 Å². The lowest BCUT2D eigenvalue weighted by Crippen LogP contribution is -2.33. The van der Waals surface area contributed by atoms with Gasteiger partial charge in [0.1, 0.15) is 17.2 Å². The van der Waals surface area contributed by atoms with Gasteiger partial charge in [0.25, 0.3) is 0 Å². The first-order valence-corrected chi connectivity index (χ1v) is 9.71. The summed E-state index contributed by atoms with van der Waals surface area (Å²) in [5, 5.41) is 3.14. The van der Waals surface area contributed by atoms with E-state index in [1.165, 1.54) is 12.1 Å². The van der Waals surface area contributed by atoms with Gasteiger partial charge in [-0.3, -0.25) is 4.79 Å². The molecule has 0 aliphatic rings. The number of hydrogen-bond donors (Lipinski definition) is 1. The van der Waals surface area contributed by atoms with Crippen LogP contribution in [-0.2, 0) is 11.2 Å². The molecule has 0 radical (unpaired) electrons. The molecule has 0 aliphatic carbocycles. The molecule has 0 saturated carbocycles. The predicted molar refractivity (Wildman–Crippen MR) is 108 cm³/mol. The molecule has 148 valence electrons. The smallest absolute Gasteiger partial charge is 0.225 e. The average Bonchev–Trinajstić information content (AvgIpc) is 3.02. The molecule has 3 aromatic rings. The Balaban J connectivity index is 1.90. The third kappa shape index (κ3) is 4.55. The van der Waals surface area contributed by atoms with Gasteiger partial charge in [-0.1, -0.05) is 26.0 Å². The van der Waals surface area contributed by atoms with Crippen LogP contribution in [0, 0.1) is 11.7 Å². The van der Waals surface area contributed by atoms with Gasteiger partial charge >= 0.3 is 0 Å². The summed E-state index contributed by atoms with van der Waals surface area (Å²) in [5.74, 6) is 0.793. The van der Waals surface area contributed by atoms with E-state index in [9.17, 15) is 9.18 Å². The molecule has 2 heterocycles. The highest BCUT2D eigenvalue weighted by atomic mass is 19.1. The first kappa shape index (κ1) is 20.0. The van der Waals surface area contributed by atoms with E-state index in [-0.39, 0.29) is 30.2 Å². The number of carbonyl (C=O) groups is 1. The molecule has 6 heteroatoms.